The number of nitrogens with one attached hydrogen (secondary N) is 1. The molecule has 0 aliphatic carbocycles. The van der Waals surface area contributed by atoms with Gasteiger partial charge < -0.3 is 14.6 Å². The first-order valence-electron chi connectivity index (χ1n) is 7.72. The van der Waals surface area contributed by atoms with Gasteiger partial charge in [0.1, 0.15) is 11.3 Å². The fourth-order valence-corrected chi connectivity index (χ4v) is 3.04. The van der Waals surface area contributed by atoms with Crippen LogP contribution in [0.3, 0.4) is 0 Å². The van der Waals surface area contributed by atoms with Crippen molar-refractivity contribution in [2.45, 2.75) is 26.3 Å². The van der Waals surface area contributed by atoms with Crippen molar-refractivity contribution in [1.29, 1.82) is 0 Å². The summed E-state index contributed by atoms with van der Waals surface area (Å²) in [6, 6.07) is 10.3. The van der Waals surface area contributed by atoms with E-state index < -0.39 is 0 Å². The van der Waals surface area contributed by atoms with Crippen molar-refractivity contribution in [2.24, 2.45) is 5.92 Å². The third kappa shape index (κ3) is 3.41. The number of para-hydroxylation sites is 1. The summed E-state index contributed by atoms with van der Waals surface area (Å²) in [5.41, 5.74) is 0.981. The minimum Gasteiger partial charge on any atom is -0.460 e. The van der Waals surface area contributed by atoms with Crippen LogP contribution in [-0.2, 0) is 6.54 Å². The van der Waals surface area contributed by atoms with Gasteiger partial charge in [-0.2, -0.15) is 0 Å². The molecule has 108 valence electrons. The van der Waals surface area contributed by atoms with Crippen LogP contribution in [0.2, 0.25) is 0 Å². The molecule has 0 spiro atoms. The number of nitrogens with zero attached hydrogens (tertiary/aromatic N) is 1. The summed E-state index contributed by atoms with van der Waals surface area (Å²) in [5, 5.41) is 4.71. The van der Waals surface area contributed by atoms with Crippen molar-refractivity contribution < 1.29 is 4.42 Å². The Morgan fingerprint density at radius 3 is 2.85 bits per heavy atom. The van der Waals surface area contributed by atoms with Crippen LogP contribution in [0, 0.1) is 5.92 Å². The van der Waals surface area contributed by atoms with Gasteiger partial charge in [-0.1, -0.05) is 25.1 Å². The van der Waals surface area contributed by atoms with Gasteiger partial charge >= 0.3 is 0 Å². The van der Waals surface area contributed by atoms with Gasteiger partial charge in [0.2, 0.25) is 0 Å². The van der Waals surface area contributed by atoms with Crippen molar-refractivity contribution in [1.82, 2.24) is 10.2 Å². The Bertz CT molecular complexity index is 510. The zero-order chi connectivity index (χ0) is 13.8. The molecular weight excluding hydrogens is 248 g/mol. The lowest BCUT2D eigenvalue weighted by atomic mass is 10.1. The molecule has 2 heterocycles. The highest BCUT2D eigenvalue weighted by Crippen LogP contribution is 2.18. The van der Waals surface area contributed by atoms with E-state index in [1.165, 1.54) is 37.9 Å². The minimum atomic E-state index is 0.692. The van der Waals surface area contributed by atoms with Gasteiger partial charge in [-0.3, -0.25) is 0 Å². The maximum absolute atomic E-state index is 5.81. The smallest absolute Gasteiger partial charge is 0.134 e. The Kier molecular flexibility index (Phi) is 4.38. The molecule has 0 bridgehead atoms. The van der Waals surface area contributed by atoms with Gasteiger partial charge in [-0.25, -0.2) is 0 Å². The van der Waals surface area contributed by atoms with Crippen molar-refractivity contribution in [2.75, 3.05) is 26.2 Å². The molecule has 0 amide bonds. The van der Waals surface area contributed by atoms with Gasteiger partial charge in [0.05, 0.1) is 6.54 Å². The molecule has 20 heavy (non-hydrogen) atoms. The van der Waals surface area contributed by atoms with Crippen LogP contribution in [-0.4, -0.2) is 31.1 Å². The maximum Gasteiger partial charge on any atom is 0.134 e. The Labute approximate surface area is 120 Å². The van der Waals surface area contributed by atoms with Gasteiger partial charge in [0.15, 0.2) is 0 Å². The minimum absolute atomic E-state index is 0.692. The summed E-state index contributed by atoms with van der Waals surface area (Å²) in [6.07, 6.45) is 2.75. The molecule has 1 aliphatic rings. The van der Waals surface area contributed by atoms with Gasteiger partial charge in [-0.15, -0.1) is 0 Å². The quantitative estimate of drug-likeness (QED) is 0.875. The number of furan rings is 1. The highest BCUT2D eigenvalue weighted by atomic mass is 16.3. The summed E-state index contributed by atoms with van der Waals surface area (Å²) in [4.78, 5) is 2.58. The molecule has 1 aromatic carbocycles. The van der Waals surface area contributed by atoms with Crippen molar-refractivity contribution in [3.63, 3.8) is 0 Å². The second kappa shape index (κ2) is 6.42. The fraction of sp³-hybridized carbons (Fsp3) is 0.529. The molecule has 1 aliphatic heterocycles. The number of benzene rings is 1. The molecule has 1 saturated heterocycles. The highest BCUT2D eigenvalue weighted by molar-refractivity contribution is 5.77. The van der Waals surface area contributed by atoms with E-state index in [4.69, 9.17) is 4.42 Å². The number of fused-ring (bicyclic) bond motifs is 1. The summed E-state index contributed by atoms with van der Waals surface area (Å²) >= 11 is 0. The number of hydrogen-bond acceptors (Lipinski definition) is 3. The summed E-state index contributed by atoms with van der Waals surface area (Å²) in [5.74, 6) is 1.72. The van der Waals surface area contributed by atoms with Crippen LogP contribution in [0.1, 0.15) is 25.5 Å². The van der Waals surface area contributed by atoms with Crippen LogP contribution in [0.15, 0.2) is 34.7 Å². The summed E-state index contributed by atoms with van der Waals surface area (Å²) in [6.45, 7) is 7.98. The van der Waals surface area contributed by atoms with E-state index in [1.54, 1.807) is 0 Å². The van der Waals surface area contributed by atoms with E-state index in [1.807, 2.05) is 18.2 Å². The molecule has 1 aromatic heterocycles. The predicted octanol–water partition coefficient (Wildman–Crippen LogP) is 3.25. The maximum atomic E-state index is 5.81. The lowest BCUT2D eigenvalue weighted by Crippen LogP contribution is -2.31. The van der Waals surface area contributed by atoms with Gasteiger partial charge in [0, 0.05) is 11.9 Å². The SMILES string of the molecule is CC(CNCc1cc2ccccc2o1)CN1CCCC1. The molecule has 1 unspecified atom stereocenters. The number of hydrogen-bond donors (Lipinski definition) is 1. The second-order valence-corrected chi connectivity index (χ2v) is 5.99. The zero-order valence-electron chi connectivity index (χ0n) is 12.3. The van der Waals surface area contributed by atoms with E-state index in [-0.39, 0.29) is 0 Å². The molecule has 3 nitrogen and oxygen atoms in total. The van der Waals surface area contributed by atoms with E-state index in [9.17, 15) is 0 Å². The monoisotopic (exact) mass is 272 g/mol. The third-order valence-electron chi connectivity index (χ3n) is 4.04. The number of rotatable bonds is 6. The molecule has 0 radical (unpaired) electrons. The molecule has 3 heteroatoms. The van der Waals surface area contributed by atoms with Crippen molar-refractivity contribution in [3.8, 4) is 0 Å². The molecule has 1 N–H and O–H groups in total. The first kappa shape index (κ1) is 13.7. The Morgan fingerprint density at radius 1 is 1.25 bits per heavy atom. The zero-order valence-corrected chi connectivity index (χ0v) is 12.3. The second-order valence-electron chi connectivity index (χ2n) is 5.99. The van der Waals surface area contributed by atoms with Crippen LogP contribution >= 0.6 is 0 Å². The standard InChI is InChI=1S/C17H24N2O/c1-14(13-19-8-4-5-9-19)11-18-12-16-10-15-6-2-3-7-17(15)20-16/h2-3,6-7,10,14,18H,4-5,8-9,11-13H2,1H3. The lowest BCUT2D eigenvalue weighted by Gasteiger charge is -2.20. The van der Waals surface area contributed by atoms with E-state index in [0.29, 0.717) is 5.92 Å². The lowest BCUT2D eigenvalue weighted by molar-refractivity contribution is 0.281. The van der Waals surface area contributed by atoms with Crippen molar-refractivity contribution >= 4 is 11.0 Å². The topological polar surface area (TPSA) is 28.4 Å². The molecular formula is C17H24N2O. The Hall–Kier alpha value is -1.32. The average molecular weight is 272 g/mol. The summed E-state index contributed by atoms with van der Waals surface area (Å²) < 4.78 is 5.81. The Morgan fingerprint density at radius 2 is 2.05 bits per heavy atom. The van der Waals surface area contributed by atoms with Crippen LogP contribution in [0.4, 0.5) is 0 Å². The predicted molar refractivity (Wildman–Crippen MR) is 82.8 cm³/mol. The first-order valence-corrected chi connectivity index (χ1v) is 7.72. The Balaban J connectivity index is 1.44. The normalized spacial score (nSPS) is 17.9. The molecule has 3 rings (SSSR count). The highest BCUT2D eigenvalue weighted by Gasteiger charge is 2.14. The molecule has 1 fully saturated rings. The van der Waals surface area contributed by atoms with E-state index in [2.05, 4.69) is 29.3 Å². The van der Waals surface area contributed by atoms with Crippen LogP contribution in [0.5, 0.6) is 0 Å². The third-order valence-corrected chi connectivity index (χ3v) is 4.04. The van der Waals surface area contributed by atoms with Crippen molar-refractivity contribution in [3.05, 3.63) is 36.1 Å². The largest absolute Gasteiger partial charge is 0.460 e. The first-order chi connectivity index (χ1) is 9.81. The van der Waals surface area contributed by atoms with Gasteiger partial charge in [-0.05, 0) is 50.5 Å². The molecule has 2 aromatic rings. The number of likely N-dealkylation sites (tertiary alicyclic amines) is 1. The molecule has 1 atom stereocenters. The van der Waals surface area contributed by atoms with Crippen LogP contribution < -0.4 is 5.32 Å². The summed E-state index contributed by atoms with van der Waals surface area (Å²) in [7, 11) is 0. The van der Waals surface area contributed by atoms with E-state index in [0.717, 1.165) is 24.4 Å². The molecule has 0 saturated carbocycles. The van der Waals surface area contributed by atoms with Gasteiger partial charge in [0.25, 0.3) is 0 Å². The average Bonchev–Trinajstić information content (AvgIpc) is 3.07. The van der Waals surface area contributed by atoms with Crippen LogP contribution in [0.25, 0.3) is 11.0 Å². The fourth-order valence-electron chi connectivity index (χ4n) is 3.04. The van der Waals surface area contributed by atoms with E-state index >= 15 is 0 Å².